The molecule has 0 heterocycles. The molecule has 0 bridgehead atoms. The molecule has 0 aliphatic carbocycles. The highest BCUT2D eigenvalue weighted by molar-refractivity contribution is 5.98. The first kappa shape index (κ1) is 27.5. The summed E-state index contributed by atoms with van der Waals surface area (Å²) in [6, 6.07) is 11.2. The predicted molar refractivity (Wildman–Crippen MR) is 122 cm³/mol. The van der Waals surface area contributed by atoms with Gasteiger partial charge in [-0.2, -0.15) is 26.3 Å². The molecule has 0 unspecified atom stereocenters. The molecule has 0 N–H and O–H groups in total. The van der Waals surface area contributed by atoms with E-state index in [9.17, 15) is 41.3 Å². The second kappa shape index (κ2) is 10.9. The molecule has 0 aromatic heterocycles. The van der Waals surface area contributed by atoms with Crippen molar-refractivity contribution in [1.82, 2.24) is 0 Å². The molecule has 0 spiro atoms. The van der Waals surface area contributed by atoms with Gasteiger partial charge in [0.2, 0.25) is 6.04 Å². The molecule has 196 valence electrons. The van der Waals surface area contributed by atoms with Gasteiger partial charge in [0.15, 0.2) is 0 Å². The minimum absolute atomic E-state index is 0.0143. The first-order valence-electron chi connectivity index (χ1n) is 10.7. The van der Waals surface area contributed by atoms with E-state index in [1.807, 2.05) is 0 Å². The number of anilines is 1. The molecule has 12 heteroatoms. The van der Waals surface area contributed by atoms with E-state index in [-0.39, 0.29) is 16.2 Å². The van der Waals surface area contributed by atoms with Gasteiger partial charge in [-0.05, 0) is 41.5 Å². The zero-order valence-electron chi connectivity index (χ0n) is 19.2. The minimum atomic E-state index is -5.56. The number of alkyl halides is 6. The Labute approximate surface area is 207 Å². The molecule has 3 aromatic carbocycles. The summed E-state index contributed by atoms with van der Waals surface area (Å²) in [7, 11) is 1.28. The van der Waals surface area contributed by atoms with Crippen LogP contribution in [0.25, 0.3) is 0 Å². The fraction of sp³-hybridized carbons (Fsp3) is 0.240. The van der Waals surface area contributed by atoms with Gasteiger partial charge in [0.1, 0.15) is 11.8 Å². The van der Waals surface area contributed by atoms with Crippen LogP contribution >= 0.6 is 0 Å². The predicted octanol–water partition coefficient (Wildman–Crippen LogP) is 6.24. The van der Waals surface area contributed by atoms with E-state index in [0.29, 0.717) is 6.07 Å². The summed E-state index contributed by atoms with van der Waals surface area (Å²) in [5, 5.41) is 12.3. The number of ether oxygens (including phenoxy) is 1. The van der Waals surface area contributed by atoms with Crippen LogP contribution in [0.15, 0.2) is 78.9 Å². The van der Waals surface area contributed by atoms with Gasteiger partial charge in [-0.15, -0.1) is 0 Å². The number of benzene rings is 3. The molecule has 2 atom stereocenters. The maximum atomic E-state index is 14.0. The van der Waals surface area contributed by atoms with Crippen LogP contribution in [0, 0.1) is 10.1 Å². The number of nitrogens with zero attached hydrogens (tertiary/aromatic N) is 2. The van der Waals surface area contributed by atoms with Gasteiger partial charge in [0, 0.05) is 17.0 Å². The Balaban J connectivity index is 2.34. The highest BCUT2D eigenvalue weighted by atomic mass is 19.4. The smallest absolute Gasteiger partial charge is 0.471 e. The van der Waals surface area contributed by atoms with Crippen molar-refractivity contribution in [2.75, 3.05) is 12.0 Å². The van der Waals surface area contributed by atoms with Crippen molar-refractivity contribution in [1.29, 1.82) is 0 Å². The number of nitro groups is 1. The summed E-state index contributed by atoms with van der Waals surface area (Å²) in [6.07, 6.45) is -11.2. The molecule has 0 fully saturated rings. The summed E-state index contributed by atoms with van der Waals surface area (Å²) in [5.41, 5.74) is -2.45. The summed E-state index contributed by atoms with van der Waals surface area (Å²) in [6.45, 7) is 0. The quantitative estimate of drug-likeness (QED) is 0.198. The number of hydrogen-bond acceptors (Lipinski definition) is 4. The van der Waals surface area contributed by atoms with E-state index in [2.05, 4.69) is 0 Å². The second-order valence-corrected chi connectivity index (χ2v) is 7.94. The van der Waals surface area contributed by atoms with Gasteiger partial charge in [0.05, 0.1) is 12.7 Å². The first-order chi connectivity index (χ1) is 17.3. The van der Waals surface area contributed by atoms with Crippen molar-refractivity contribution >= 4 is 11.6 Å². The highest BCUT2D eigenvalue weighted by Crippen LogP contribution is 2.42. The number of amides is 1. The van der Waals surface area contributed by atoms with E-state index in [0.717, 1.165) is 30.3 Å². The van der Waals surface area contributed by atoms with Crippen LogP contribution in [0.1, 0.15) is 22.7 Å². The SMILES string of the molecule is COc1ccc(N(C(=O)C(F)(F)F)[C@@H](c2ccccc2C(F)(F)F)[C@@H](Cc2ccccc2)[N+](=O)[O-])cc1. The number of carbonyl (C=O) groups excluding carboxylic acids is 1. The van der Waals surface area contributed by atoms with Gasteiger partial charge >= 0.3 is 18.3 Å². The Morgan fingerprint density at radius 3 is 2.00 bits per heavy atom. The topological polar surface area (TPSA) is 72.7 Å². The number of methoxy groups -OCH3 is 1. The monoisotopic (exact) mass is 526 g/mol. The van der Waals surface area contributed by atoms with Gasteiger partial charge < -0.3 is 4.74 Å². The fourth-order valence-electron chi connectivity index (χ4n) is 3.97. The van der Waals surface area contributed by atoms with E-state index in [1.165, 1.54) is 43.5 Å². The molecule has 0 aliphatic heterocycles. The lowest BCUT2D eigenvalue weighted by Gasteiger charge is -2.35. The molecule has 0 aliphatic rings. The van der Waals surface area contributed by atoms with E-state index < -0.39 is 58.5 Å². The Hall–Kier alpha value is -4.09. The average Bonchev–Trinajstić information content (AvgIpc) is 2.85. The molecule has 3 aromatic rings. The van der Waals surface area contributed by atoms with Crippen LogP contribution in [0.5, 0.6) is 5.75 Å². The van der Waals surface area contributed by atoms with Crippen LogP contribution in [0.2, 0.25) is 0 Å². The molecule has 0 radical (unpaired) electrons. The van der Waals surface area contributed by atoms with Crippen molar-refractivity contribution in [3.05, 3.63) is 106 Å². The molecule has 0 saturated heterocycles. The zero-order chi connectivity index (χ0) is 27.4. The van der Waals surface area contributed by atoms with Crippen molar-refractivity contribution in [2.45, 2.75) is 30.9 Å². The molecule has 6 nitrogen and oxygen atoms in total. The maximum absolute atomic E-state index is 14.0. The Kier molecular flexibility index (Phi) is 8.09. The minimum Gasteiger partial charge on any atom is -0.497 e. The number of halogens is 6. The summed E-state index contributed by atoms with van der Waals surface area (Å²) >= 11 is 0. The van der Waals surface area contributed by atoms with Crippen LogP contribution in [0.4, 0.5) is 32.0 Å². The van der Waals surface area contributed by atoms with Crippen LogP contribution in [-0.4, -0.2) is 30.2 Å². The van der Waals surface area contributed by atoms with Crippen molar-refractivity contribution in [3.63, 3.8) is 0 Å². The molecule has 0 saturated carbocycles. The molecular weight excluding hydrogens is 506 g/mol. The third-order valence-electron chi connectivity index (χ3n) is 5.60. The zero-order valence-corrected chi connectivity index (χ0v) is 19.2. The van der Waals surface area contributed by atoms with Crippen molar-refractivity contribution < 1.29 is 40.8 Å². The average molecular weight is 526 g/mol. The highest BCUT2D eigenvalue weighted by Gasteiger charge is 2.51. The summed E-state index contributed by atoms with van der Waals surface area (Å²) in [5.74, 6) is -2.37. The van der Waals surface area contributed by atoms with Crippen LogP contribution in [0.3, 0.4) is 0 Å². The largest absolute Gasteiger partial charge is 0.497 e. The first-order valence-corrected chi connectivity index (χ1v) is 10.7. The lowest BCUT2D eigenvalue weighted by molar-refractivity contribution is -0.526. The van der Waals surface area contributed by atoms with Gasteiger partial charge in [-0.25, -0.2) is 0 Å². The third kappa shape index (κ3) is 6.38. The Morgan fingerprint density at radius 1 is 0.919 bits per heavy atom. The number of hydrogen-bond donors (Lipinski definition) is 0. The summed E-state index contributed by atoms with van der Waals surface area (Å²) in [4.78, 5) is 24.1. The summed E-state index contributed by atoms with van der Waals surface area (Å²) < 4.78 is 88.4. The van der Waals surface area contributed by atoms with E-state index in [4.69, 9.17) is 4.74 Å². The number of rotatable bonds is 8. The van der Waals surface area contributed by atoms with Gasteiger partial charge in [-0.1, -0.05) is 48.5 Å². The molecule has 3 rings (SSSR count). The molecular formula is C25H20F6N2O4. The van der Waals surface area contributed by atoms with Crippen molar-refractivity contribution in [2.24, 2.45) is 0 Å². The number of carbonyl (C=O) groups is 1. The van der Waals surface area contributed by atoms with E-state index >= 15 is 0 Å². The lowest BCUT2D eigenvalue weighted by atomic mass is 9.89. The normalized spacial score (nSPS) is 13.5. The Morgan fingerprint density at radius 2 is 1.49 bits per heavy atom. The van der Waals surface area contributed by atoms with Gasteiger partial charge in [-0.3, -0.25) is 19.8 Å². The fourth-order valence-corrected chi connectivity index (χ4v) is 3.97. The van der Waals surface area contributed by atoms with Gasteiger partial charge in [0.25, 0.3) is 0 Å². The second-order valence-electron chi connectivity index (χ2n) is 7.94. The molecule has 37 heavy (non-hydrogen) atoms. The van der Waals surface area contributed by atoms with Crippen LogP contribution in [-0.2, 0) is 17.4 Å². The van der Waals surface area contributed by atoms with E-state index in [1.54, 1.807) is 6.07 Å². The third-order valence-corrected chi connectivity index (χ3v) is 5.60. The van der Waals surface area contributed by atoms with Crippen LogP contribution < -0.4 is 9.64 Å². The lowest BCUT2D eigenvalue weighted by Crippen LogP contribution is -2.50. The van der Waals surface area contributed by atoms with Crippen molar-refractivity contribution in [3.8, 4) is 5.75 Å². The standard InChI is InChI=1S/C25H20F6N2O4/c1-37-18-13-11-17(12-14-18)32(23(34)25(29,30)31)22(19-9-5-6-10-20(19)24(26,27)28)21(33(35)36)15-16-7-3-2-4-8-16/h2-14,21-22H,15H2,1H3/t21-,22+/m1/s1. The Bertz CT molecular complexity index is 1230. The molecule has 1 amide bonds. The maximum Gasteiger partial charge on any atom is 0.471 e.